The summed E-state index contributed by atoms with van der Waals surface area (Å²) in [7, 11) is -3.75. The standard InChI is InChI=1S/C29H38N4O4S/c1-21-13-17-31(18-14-21)26-9-7-25(8-10-26)30-29(35)24-6-3-15-32(20-24)38(36,37)27-11-12-28-23(19-27)5-4-16-33(28)22(2)34/h7-12,19,21,24H,3-6,13-18,20H2,1-2H3,(H,30,35)/t24-/m1/s1. The fourth-order valence-electron chi connectivity index (χ4n) is 5.85. The van der Waals surface area contributed by atoms with Crippen LogP contribution in [-0.2, 0) is 26.0 Å². The van der Waals surface area contributed by atoms with Gasteiger partial charge in [0.2, 0.25) is 21.8 Å². The van der Waals surface area contributed by atoms with Gasteiger partial charge in [-0.2, -0.15) is 4.31 Å². The average Bonchev–Trinajstić information content (AvgIpc) is 2.93. The number of hydrogen-bond acceptors (Lipinski definition) is 5. The highest BCUT2D eigenvalue weighted by molar-refractivity contribution is 7.89. The minimum Gasteiger partial charge on any atom is -0.372 e. The number of nitrogens with zero attached hydrogens (tertiary/aromatic N) is 3. The Morgan fingerprint density at radius 1 is 0.921 bits per heavy atom. The van der Waals surface area contributed by atoms with Crippen molar-refractivity contribution in [3.63, 3.8) is 0 Å². The van der Waals surface area contributed by atoms with E-state index in [1.54, 1.807) is 23.1 Å². The molecule has 5 rings (SSSR count). The van der Waals surface area contributed by atoms with Crippen molar-refractivity contribution >= 4 is 38.9 Å². The van der Waals surface area contributed by atoms with Gasteiger partial charge in [-0.1, -0.05) is 6.92 Å². The van der Waals surface area contributed by atoms with Gasteiger partial charge < -0.3 is 15.1 Å². The third-order valence-corrected chi connectivity index (χ3v) is 10.1. The van der Waals surface area contributed by atoms with Crippen LogP contribution in [0.15, 0.2) is 47.4 Å². The van der Waals surface area contributed by atoms with Crippen LogP contribution in [0.5, 0.6) is 0 Å². The molecule has 0 spiro atoms. The van der Waals surface area contributed by atoms with Crippen LogP contribution in [0.3, 0.4) is 0 Å². The molecular formula is C29H38N4O4S. The van der Waals surface area contributed by atoms with Gasteiger partial charge in [0.25, 0.3) is 0 Å². The Bertz CT molecular complexity index is 1290. The van der Waals surface area contributed by atoms with Gasteiger partial charge in [0.05, 0.1) is 10.8 Å². The molecule has 3 heterocycles. The van der Waals surface area contributed by atoms with Crippen molar-refractivity contribution in [1.29, 1.82) is 0 Å². The zero-order chi connectivity index (χ0) is 26.9. The van der Waals surface area contributed by atoms with Crippen LogP contribution in [0, 0.1) is 11.8 Å². The summed E-state index contributed by atoms with van der Waals surface area (Å²) in [6, 6.07) is 13.0. The molecule has 1 N–H and O–H groups in total. The summed E-state index contributed by atoms with van der Waals surface area (Å²) in [6.45, 7) is 7.14. The maximum atomic E-state index is 13.5. The highest BCUT2D eigenvalue weighted by Crippen LogP contribution is 2.32. The Labute approximate surface area is 226 Å². The minimum absolute atomic E-state index is 0.0396. The van der Waals surface area contributed by atoms with Crippen molar-refractivity contribution in [3.8, 4) is 0 Å². The van der Waals surface area contributed by atoms with Crippen molar-refractivity contribution < 1.29 is 18.0 Å². The lowest BCUT2D eigenvalue weighted by Gasteiger charge is -2.33. The maximum absolute atomic E-state index is 13.5. The maximum Gasteiger partial charge on any atom is 0.243 e. The van der Waals surface area contributed by atoms with Crippen LogP contribution in [0.2, 0.25) is 0 Å². The van der Waals surface area contributed by atoms with E-state index < -0.39 is 15.9 Å². The molecule has 3 aliphatic rings. The molecule has 2 saturated heterocycles. The topological polar surface area (TPSA) is 90.0 Å². The molecule has 2 fully saturated rings. The number of sulfonamides is 1. The Hall–Kier alpha value is -2.91. The average molecular weight is 539 g/mol. The SMILES string of the molecule is CC(=O)N1CCCc2cc(S(=O)(=O)N3CCC[C@@H](C(=O)Nc4ccc(N5CCC(C)CC5)cc4)C3)ccc21. The molecule has 38 heavy (non-hydrogen) atoms. The van der Waals surface area contributed by atoms with Gasteiger partial charge in [-0.3, -0.25) is 9.59 Å². The van der Waals surface area contributed by atoms with Crippen molar-refractivity contribution in [2.45, 2.75) is 57.3 Å². The number of benzene rings is 2. The van der Waals surface area contributed by atoms with Crippen LogP contribution in [0.1, 0.15) is 51.5 Å². The Morgan fingerprint density at radius 3 is 2.37 bits per heavy atom. The van der Waals surface area contributed by atoms with Crippen LogP contribution >= 0.6 is 0 Å². The fourth-order valence-corrected chi connectivity index (χ4v) is 7.43. The van der Waals surface area contributed by atoms with Gasteiger partial charge in [0.15, 0.2) is 0 Å². The zero-order valence-electron chi connectivity index (χ0n) is 22.4. The molecule has 0 aromatic heterocycles. The first-order chi connectivity index (χ1) is 18.2. The molecule has 2 aromatic rings. The van der Waals surface area contributed by atoms with Crippen LogP contribution in [0.4, 0.5) is 17.1 Å². The number of carbonyl (C=O) groups excluding carboxylic acids is 2. The van der Waals surface area contributed by atoms with E-state index in [0.29, 0.717) is 25.9 Å². The number of rotatable bonds is 5. The predicted octanol–water partition coefficient (Wildman–Crippen LogP) is 4.26. The molecule has 0 unspecified atom stereocenters. The first kappa shape index (κ1) is 26.7. The molecule has 9 heteroatoms. The van der Waals surface area contributed by atoms with Crippen molar-refractivity contribution in [2.75, 3.05) is 47.8 Å². The van der Waals surface area contributed by atoms with Gasteiger partial charge in [0.1, 0.15) is 0 Å². The van der Waals surface area contributed by atoms with E-state index in [-0.39, 0.29) is 23.3 Å². The fraction of sp³-hybridized carbons (Fsp3) is 0.517. The van der Waals surface area contributed by atoms with Gasteiger partial charge in [-0.15, -0.1) is 0 Å². The lowest BCUT2D eigenvalue weighted by Crippen LogP contribution is -2.43. The molecule has 2 aromatic carbocycles. The van der Waals surface area contributed by atoms with Gasteiger partial charge >= 0.3 is 0 Å². The summed E-state index contributed by atoms with van der Waals surface area (Å²) in [5.74, 6) is 0.176. The number of carbonyl (C=O) groups is 2. The van der Waals surface area contributed by atoms with Crippen LogP contribution in [-0.4, -0.2) is 57.3 Å². The summed E-state index contributed by atoms with van der Waals surface area (Å²) in [4.78, 5) is 29.4. The summed E-state index contributed by atoms with van der Waals surface area (Å²) >= 11 is 0. The van der Waals surface area contributed by atoms with Gasteiger partial charge in [-0.05, 0) is 92.5 Å². The number of amides is 2. The van der Waals surface area contributed by atoms with Crippen molar-refractivity contribution in [3.05, 3.63) is 48.0 Å². The normalized spacial score (nSPS) is 21.2. The smallest absolute Gasteiger partial charge is 0.243 e. The van der Waals surface area contributed by atoms with E-state index in [9.17, 15) is 18.0 Å². The highest BCUT2D eigenvalue weighted by atomic mass is 32.2. The second kappa shape index (κ2) is 11.1. The van der Waals surface area contributed by atoms with Gasteiger partial charge in [-0.25, -0.2) is 8.42 Å². The molecule has 8 nitrogen and oxygen atoms in total. The first-order valence-electron chi connectivity index (χ1n) is 13.8. The number of piperidine rings is 2. The molecule has 0 aliphatic carbocycles. The summed E-state index contributed by atoms with van der Waals surface area (Å²) in [5, 5.41) is 3.00. The number of hydrogen-bond donors (Lipinski definition) is 1. The van der Waals surface area contributed by atoms with Gasteiger partial charge in [0, 0.05) is 56.7 Å². The monoisotopic (exact) mass is 538 g/mol. The lowest BCUT2D eigenvalue weighted by molar-refractivity contribution is -0.121. The first-order valence-corrected chi connectivity index (χ1v) is 15.2. The number of fused-ring (bicyclic) bond motifs is 1. The number of anilines is 3. The third-order valence-electron chi connectivity index (χ3n) is 8.23. The summed E-state index contributed by atoms with van der Waals surface area (Å²) in [6.07, 6.45) is 5.22. The zero-order valence-corrected chi connectivity index (χ0v) is 23.2. The molecule has 204 valence electrons. The largest absolute Gasteiger partial charge is 0.372 e. The van der Waals surface area contributed by atoms with E-state index in [0.717, 1.165) is 48.8 Å². The molecule has 0 saturated carbocycles. The number of aryl methyl sites for hydroxylation is 1. The van der Waals surface area contributed by atoms with Crippen molar-refractivity contribution in [1.82, 2.24) is 4.31 Å². The molecule has 1 atom stereocenters. The molecule has 0 radical (unpaired) electrons. The summed E-state index contributed by atoms with van der Waals surface area (Å²) in [5.41, 5.74) is 3.57. The van der Waals surface area contributed by atoms with Crippen LogP contribution in [0.25, 0.3) is 0 Å². The third kappa shape index (κ3) is 5.59. The predicted molar refractivity (Wildman–Crippen MR) is 150 cm³/mol. The van der Waals surface area contributed by atoms with Crippen LogP contribution < -0.4 is 15.1 Å². The number of nitrogens with one attached hydrogen (secondary N) is 1. The molecule has 0 bridgehead atoms. The molecular weight excluding hydrogens is 500 g/mol. The molecule has 3 aliphatic heterocycles. The highest BCUT2D eigenvalue weighted by Gasteiger charge is 2.34. The van der Waals surface area contributed by atoms with Crippen molar-refractivity contribution in [2.24, 2.45) is 11.8 Å². The quantitative estimate of drug-likeness (QED) is 0.614. The molecule has 2 amide bonds. The van der Waals surface area contributed by atoms with E-state index in [1.165, 1.54) is 29.8 Å². The lowest BCUT2D eigenvalue weighted by atomic mass is 9.98. The Morgan fingerprint density at radius 2 is 1.66 bits per heavy atom. The Kier molecular flexibility index (Phi) is 7.77. The Balaban J connectivity index is 1.24. The second-order valence-corrected chi connectivity index (χ2v) is 12.9. The second-order valence-electron chi connectivity index (χ2n) is 11.0. The van der Waals surface area contributed by atoms with E-state index in [4.69, 9.17) is 0 Å². The summed E-state index contributed by atoms with van der Waals surface area (Å²) < 4.78 is 28.5. The van der Waals surface area contributed by atoms with E-state index in [1.807, 2.05) is 24.3 Å². The van der Waals surface area contributed by atoms with E-state index in [2.05, 4.69) is 17.1 Å². The van der Waals surface area contributed by atoms with E-state index >= 15 is 0 Å². The minimum atomic E-state index is -3.75.